The van der Waals surface area contributed by atoms with Gasteiger partial charge >= 0.3 is 12.3 Å². The number of thioether (sulfide) groups is 1. The van der Waals surface area contributed by atoms with Gasteiger partial charge in [0.2, 0.25) is 5.91 Å². The van der Waals surface area contributed by atoms with Crippen molar-refractivity contribution in [2.75, 3.05) is 90.1 Å². The summed E-state index contributed by atoms with van der Waals surface area (Å²) in [5.41, 5.74) is -0.142. The maximum Gasteiger partial charge on any atom is 0.510 e. The number of hydrogen-bond donors (Lipinski definition) is 1. The molecule has 0 radical (unpaired) electrons. The number of isothiocyanates is 2. The lowest BCUT2D eigenvalue weighted by Crippen LogP contribution is -2.34. The van der Waals surface area contributed by atoms with Gasteiger partial charge in [-0.25, -0.2) is 14.6 Å². The molecule has 0 bridgehead atoms. The molecule has 0 aromatic rings. The Labute approximate surface area is 599 Å². The Kier molecular flexibility index (Phi) is 82.9. The Morgan fingerprint density at radius 2 is 0.943 bits per heavy atom. The summed E-state index contributed by atoms with van der Waals surface area (Å²) in [5, 5.41) is 7.15. The number of rotatable bonds is 36. The highest BCUT2D eigenvalue weighted by atomic mass is 33.1. The van der Waals surface area contributed by atoms with E-state index in [0.717, 1.165) is 23.5 Å². The number of phosphoric acid groups is 1. The number of ether oxygens (including phenoxy) is 4. The first-order valence-electron chi connectivity index (χ1n) is 27.6. The molecular formula is C54H109N3O12PS17-. The monoisotopic (exact) mass is 1570 g/mol. The zero-order valence-corrected chi connectivity index (χ0v) is 71.3. The van der Waals surface area contributed by atoms with Gasteiger partial charge < -0.3 is 38.2 Å². The molecule has 0 fully saturated rings. The molecule has 0 aliphatic heterocycles. The molecule has 0 spiro atoms. The first-order valence-corrected chi connectivity index (χ1v) is 49.2. The van der Waals surface area contributed by atoms with Crippen LogP contribution in [0.2, 0.25) is 0 Å². The summed E-state index contributed by atoms with van der Waals surface area (Å²) in [4.78, 5) is 72.3. The van der Waals surface area contributed by atoms with Crippen LogP contribution in [-0.2, 0) is 37.6 Å². The molecule has 1 amide bonds. The van der Waals surface area contributed by atoms with Gasteiger partial charge in [0.1, 0.15) is 6.61 Å². The molecule has 0 aromatic carbocycles. The molecule has 8 atom stereocenters. The fourth-order valence-corrected chi connectivity index (χ4v) is 22.1. The van der Waals surface area contributed by atoms with Crippen LogP contribution < -0.4 is 4.89 Å². The van der Waals surface area contributed by atoms with Crippen molar-refractivity contribution < 1.29 is 57.0 Å². The minimum absolute atomic E-state index is 0.0282. The lowest BCUT2D eigenvalue weighted by molar-refractivity contribution is -0.219. The third-order valence-corrected chi connectivity index (χ3v) is 28.7. The third kappa shape index (κ3) is 74.3. The average molecular weight is 1570 g/mol. The minimum Gasteiger partial charge on any atom is -0.756 e. The summed E-state index contributed by atoms with van der Waals surface area (Å²) in [6, 6.07) is 0. The number of phosphoric ester groups is 1. The zero-order chi connectivity index (χ0) is 69.3. The second-order valence-corrected chi connectivity index (χ2v) is 41.8. The summed E-state index contributed by atoms with van der Waals surface area (Å²) in [6.07, 6.45) is 14.0. The molecule has 1 N–H and O–H groups in total. The Balaban J connectivity index is -0.000000173. The molecule has 0 aromatic heterocycles. The zero-order valence-electron chi connectivity index (χ0n) is 56.6. The SMILES string of the molecule is CC[C@@H](SSC)C(C)C.CSS[C@H](C(=O)N(C)C)C(C)C.CSS[C@H](CN=C=S)C(C)C.CSS[C@H](COC(=O)OCN=C=S)C(C)C.CSS[C@H](COP(=O)([O-])O)C(C)C.CSS[C@H](CSC(C)=O)C(C)C.CSS[C@H](OC(=O)OC(C)C)C(C)C. The summed E-state index contributed by atoms with van der Waals surface area (Å²) in [7, 11) is 23.1. The molecule has 0 heterocycles. The van der Waals surface area contributed by atoms with E-state index in [1.165, 1.54) is 29.0 Å². The Morgan fingerprint density at radius 1 is 0.540 bits per heavy atom. The molecule has 0 aliphatic rings. The van der Waals surface area contributed by atoms with E-state index in [0.29, 0.717) is 46.7 Å². The Hall–Kier alpha value is 2.64. The highest BCUT2D eigenvalue weighted by molar-refractivity contribution is 8.78. The van der Waals surface area contributed by atoms with Crippen molar-refractivity contribution in [1.82, 2.24) is 4.90 Å². The van der Waals surface area contributed by atoms with E-state index in [9.17, 15) is 28.6 Å². The first-order chi connectivity index (χ1) is 40.5. The average Bonchev–Trinajstić information content (AvgIpc) is 3.60. The van der Waals surface area contributed by atoms with Gasteiger partial charge in [0.15, 0.2) is 17.3 Å². The highest BCUT2D eigenvalue weighted by Crippen LogP contribution is 2.37. The van der Waals surface area contributed by atoms with Crippen LogP contribution in [0.25, 0.3) is 0 Å². The van der Waals surface area contributed by atoms with E-state index in [-0.39, 0.29) is 57.6 Å². The van der Waals surface area contributed by atoms with E-state index in [4.69, 9.17) is 19.1 Å². The number of amides is 1. The van der Waals surface area contributed by atoms with Crippen LogP contribution in [0.1, 0.15) is 131 Å². The van der Waals surface area contributed by atoms with Gasteiger partial charge in [-0.3, -0.25) is 14.2 Å². The van der Waals surface area contributed by atoms with Crippen molar-refractivity contribution in [3.05, 3.63) is 0 Å². The summed E-state index contributed by atoms with van der Waals surface area (Å²) >= 11 is 10.3. The van der Waals surface area contributed by atoms with Crippen molar-refractivity contribution in [1.29, 1.82) is 0 Å². The normalized spacial score (nSPS) is 13.8. The van der Waals surface area contributed by atoms with Gasteiger partial charge in [-0.05, 0) is 135 Å². The number of carbonyl (C=O) groups excluding carboxylic acids is 4. The van der Waals surface area contributed by atoms with Gasteiger partial charge in [0.25, 0.3) is 7.82 Å². The molecule has 0 saturated heterocycles. The molecule has 15 nitrogen and oxygen atoms in total. The van der Waals surface area contributed by atoms with Crippen LogP contribution in [0.15, 0.2) is 9.98 Å². The predicted octanol–water partition coefficient (Wildman–Crippen LogP) is 20.2. The topological polar surface area (TPSA) is 203 Å². The van der Waals surface area contributed by atoms with Gasteiger partial charge in [-0.1, -0.05) is 256 Å². The quantitative estimate of drug-likeness (QED) is 0.0155. The van der Waals surface area contributed by atoms with Crippen LogP contribution in [-0.4, -0.2) is 177 Å². The number of hydrogen-bond acceptors (Lipinski definition) is 30. The van der Waals surface area contributed by atoms with Crippen LogP contribution in [0.4, 0.5) is 9.59 Å². The lowest BCUT2D eigenvalue weighted by atomic mass is 10.1. The Bertz CT molecular complexity index is 1790. The largest absolute Gasteiger partial charge is 0.756 e. The molecule has 1 unspecified atom stereocenters. The van der Waals surface area contributed by atoms with Gasteiger partial charge in [0, 0.05) is 53.7 Å². The molecule has 0 aliphatic carbocycles. The number of thiocarbonyl (C=S) groups is 2. The van der Waals surface area contributed by atoms with Crippen molar-refractivity contribution in [2.24, 2.45) is 51.4 Å². The molecule has 87 heavy (non-hydrogen) atoms. The van der Waals surface area contributed by atoms with Crippen molar-refractivity contribution in [3.63, 3.8) is 0 Å². The molecule has 33 heteroatoms. The predicted molar refractivity (Wildman–Crippen MR) is 421 cm³/mol. The second kappa shape index (κ2) is 70.0. The summed E-state index contributed by atoms with van der Waals surface area (Å²) in [5.74, 6) is 4.71. The van der Waals surface area contributed by atoms with E-state index >= 15 is 0 Å². The minimum atomic E-state index is -4.56. The highest BCUT2D eigenvalue weighted by Gasteiger charge is 2.24. The van der Waals surface area contributed by atoms with Gasteiger partial charge in [0.05, 0.1) is 40.1 Å². The summed E-state index contributed by atoms with van der Waals surface area (Å²) < 4.78 is 34.2. The maximum absolute atomic E-state index is 11.6. The first kappa shape index (κ1) is 103. The van der Waals surface area contributed by atoms with Crippen LogP contribution in [0, 0.1) is 41.4 Å². The van der Waals surface area contributed by atoms with Crippen LogP contribution >= 0.6 is 195 Å². The standard InChI is InChI=1S/C9H15NO3S3.C9H18O3S2.C8H17NOS2.C8H16OS3.C7H13NS3.C7H16S2.C6H15O4PS2/c1-7(2)8(16-15-3)4-12-9(11)13-5-10-6-14;1-6(2)8(14-13-5)12-9(10)11-7(3)4;1-6(2)7(12-11-5)8(10)9(3)4;1-6(2)8(12-10-4)5-11-7(3)9;1-6(2)7(11-10-3)4-8-5-9;1-5-7(6(2)3)9-8-4;1-5(2)6(13-12-3)4-10-11(7,8)9/h7-8H,4-5H2,1-3H3;6-8H,1-5H3;6-7H,1-5H3;6,8H,5H2,1-4H3;6-7H,4H2,1-3H3;6-7H,5H2,1-4H3;5-6H,4H2,1-3H3,(H2,7,8,9)/p-1/t2*8-;7-;8-;2*7-;6-/m1001111/s1. The molecule has 0 rings (SSSR count). The smallest absolute Gasteiger partial charge is 0.510 e. The van der Waals surface area contributed by atoms with Crippen LogP contribution in [0.3, 0.4) is 0 Å². The lowest BCUT2D eigenvalue weighted by Gasteiger charge is -2.22. The third-order valence-electron chi connectivity index (χ3n) is 9.85. The maximum atomic E-state index is 11.6. The van der Waals surface area contributed by atoms with Gasteiger partial charge in [-0.15, -0.1) is 0 Å². The second-order valence-electron chi connectivity index (χ2n) is 20.3. The molecule has 0 saturated carbocycles. The van der Waals surface area contributed by atoms with E-state index in [1.807, 2.05) is 95.9 Å². The number of carbonyl (C=O) groups is 4. The Morgan fingerprint density at radius 3 is 1.26 bits per heavy atom. The van der Waals surface area contributed by atoms with E-state index in [1.54, 1.807) is 137 Å². The number of aliphatic imine (C=N–C) groups is 2. The number of nitrogens with zero attached hydrogens (tertiary/aromatic N) is 3. The van der Waals surface area contributed by atoms with E-state index < -0.39 is 20.1 Å². The molecular weight excluding hydrogens is 1460 g/mol. The fraction of sp³-hybridized carbons (Fsp3) is 0.889. The fourth-order valence-electron chi connectivity index (χ4n) is 4.88. The van der Waals surface area contributed by atoms with Crippen molar-refractivity contribution >= 4 is 229 Å². The van der Waals surface area contributed by atoms with Gasteiger partial charge in [-0.2, -0.15) is 4.99 Å². The van der Waals surface area contributed by atoms with Crippen molar-refractivity contribution in [3.8, 4) is 0 Å². The summed E-state index contributed by atoms with van der Waals surface area (Å²) in [6.45, 7) is 38.2. The van der Waals surface area contributed by atoms with Crippen LogP contribution in [0.5, 0.6) is 0 Å². The van der Waals surface area contributed by atoms with Crippen molar-refractivity contribution in [2.45, 2.75) is 174 Å². The molecule has 520 valence electrons. The van der Waals surface area contributed by atoms with E-state index in [2.05, 4.69) is 149 Å².